The van der Waals surface area contributed by atoms with Crippen molar-refractivity contribution >= 4 is 28.4 Å². The lowest BCUT2D eigenvalue weighted by atomic mass is 9.92. The van der Waals surface area contributed by atoms with Gasteiger partial charge >= 0.3 is 6.18 Å². The number of nitrogens with zero attached hydrogens (tertiary/aromatic N) is 4. The molecule has 190 valence electrons. The number of amides is 1. The molecule has 4 aromatic heterocycles. The number of halogens is 5. The van der Waals surface area contributed by atoms with Gasteiger partial charge in [0.05, 0.1) is 17.3 Å². The molecular weight excluding hydrogens is 485 g/mol. The average molecular weight is 507 g/mol. The van der Waals surface area contributed by atoms with Crippen molar-refractivity contribution in [2.75, 3.05) is 5.32 Å². The van der Waals surface area contributed by atoms with E-state index in [0.717, 1.165) is 6.92 Å². The first-order chi connectivity index (χ1) is 17.0. The zero-order valence-corrected chi connectivity index (χ0v) is 19.0. The summed E-state index contributed by atoms with van der Waals surface area (Å²) in [5.74, 6) is -3.18. The second-order valence-electron chi connectivity index (χ2n) is 8.97. The Balaban J connectivity index is 1.39. The van der Waals surface area contributed by atoms with Crippen LogP contribution < -0.4 is 10.6 Å². The summed E-state index contributed by atoms with van der Waals surface area (Å²) in [4.78, 5) is 24.3. The zero-order chi connectivity index (χ0) is 25.7. The van der Waals surface area contributed by atoms with E-state index in [9.17, 15) is 26.7 Å². The fourth-order valence-corrected chi connectivity index (χ4v) is 4.26. The molecule has 1 aliphatic rings. The topological polar surface area (TPSA) is 100 Å². The molecule has 8 nitrogen and oxygen atoms in total. The highest BCUT2D eigenvalue weighted by atomic mass is 19.4. The molecule has 0 spiro atoms. The van der Waals surface area contributed by atoms with Crippen molar-refractivity contribution in [3.8, 4) is 11.1 Å². The monoisotopic (exact) mass is 507 g/mol. The second-order valence-corrected chi connectivity index (χ2v) is 8.97. The van der Waals surface area contributed by atoms with Crippen molar-refractivity contribution < 1.29 is 26.7 Å². The van der Waals surface area contributed by atoms with Gasteiger partial charge in [-0.05, 0) is 37.5 Å². The lowest BCUT2D eigenvalue weighted by Crippen LogP contribution is -2.43. The molecule has 5 rings (SSSR count). The van der Waals surface area contributed by atoms with Crippen LogP contribution in [-0.4, -0.2) is 54.7 Å². The Kier molecular flexibility index (Phi) is 5.80. The number of pyridine rings is 1. The van der Waals surface area contributed by atoms with E-state index in [1.54, 1.807) is 30.7 Å². The van der Waals surface area contributed by atoms with Gasteiger partial charge in [0.1, 0.15) is 11.7 Å². The first kappa shape index (κ1) is 23.9. The molecule has 0 aliphatic heterocycles. The zero-order valence-electron chi connectivity index (χ0n) is 19.0. The number of hydrogen-bond acceptors (Lipinski definition) is 5. The third-order valence-corrected chi connectivity index (χ3v) is 6.40. The summed E-state index contributed by atoms with van der Waals surface area (Å²) >= 11 is 0. The summed E-state index contributed by atoms with van der Waals surface area (Å²) < 4.78 is 66.8. The second kappa shape index (κ2) is 8.71. The Morgan fingerprint density at radius 1 is 1.25 bits per heavy atom. The number of carbonyl (C=O) groups is 1. The van der Waals surface area contributed by atoms with Crippen molar-refractivity contribution in [2.45, 2.75) is 56.8 Å². The molecule has 0 saturated heterocycles. The van der Waals surface area contributed by atoms with Crippen molar-refractivity contribution in [2.24, 2.45) is 0 Å². The fourth-order valence-electron chi connectivity index (χ4n) is 4.26. The molecule has 1 unspecified atom stereocenters. The van der Waals surface area contributed by atoms with Crippen LogP contribution >= 0.6 is 0 Å². The molecule has 0 radical (unpaired) electrons. The van der Waals surface area contributed by atoms with Gasteiger partial charge in [-0.3, -0.25) is 4.79 Å². The minimum Gasteiger partial charge on any atom is -0.351 e. The maximum Gasteiger partial charge on any atom is 0.408 e. The number of carbonyl (C=O) groups excluding carboxylic acids is 1. The lowest BCUT2D eigenvalue weighted by Gasteiger charge is -2.28. The summed E-state index contributed by atoms with van der Waals surface area (Å²) in [6, 6.07) is 1.25. The number of rotatable bonds is 5. The SMILES string of the molecule is CC(NC(=O)c1cnn2ccc(-c3c[nH]c4nc(NC5CCC(F)(F)CC5)ncc34)cc12)C(F)(F)F. The van der Waals surface area contributed by atoms with E-state index in [4.69, 9.17) is 0 Å². The Labute approximate surface area is 201 Å². The summed E-state index contributed by atoms with van der Waals surface area (Å²) in [6.45, 7) is 0.869. The van der Waals surface area contributed by atoms with Gasteiger partial charge in [0.25, 0.3) is 5.91 Å². The van der Waals surface area contributed by atoms with Gasteiger partial charge in [-0.25, -0.2) is 18.3 Å². The van der Waals surface area contributed by atoms with Crippen LogP contribution in [0.5, 0.6) is 0 Å². The average Bonchev–Trinajstić information content (AvgIpc) is 3.43. The van der Waals surface area contributed by atoms with Crippen LogP contribution in [-0.2, 0) is 0 Å². The van der Waals surface area contributed by atoms with Crippen molar-refractivity contribution in [1.29, 1.82) is 0 Å². The highest BCUT2D eigenvalue weighted by Gasteiger charge is 2.37. The predicted molar refractivity (Wildman–Crippen MR) is 122 cm³/mol. The van der Waals surface area contributed by atoms with E-state index < -0.39 is 24.0 Å². The predicted octanol–water partition coefficient (Wildman–Crippen LogP) is 4.94. The number of fused-ring (bicyclic) bond motifs is 2. The quantitative estimate of drug-likeness (QED) is 0.332. The molecule has 0 bridgehead atoms. The number of aromatic nitrogens is 5. The summed E-state index contributed by atoms with van der Waals surface area (Å²) in [7, 11) is 0. The number of alkyl halides is 5. The van der Waals surface area contributed by atoms with Gasteiger partial charge in [0.2, 0.25) is 11.9 Å². The Morgan fingerprint density at radius 2 is 2.00 bits per heavy atom. The van der Waals surface area contributed by atoms with Crippen molar-refractivity contribution in [3.05, 3.63) is 42.5 Å². The van der Waals surface area contributed by atoms with Crippen LogP contribution in [0.3, 0.4) is 0 Å². The fraction of sp³-hybridized carbons (Fsp3) is 0.391. The maximum absolute atomic E-state index is 13.4. The van der Waals surface area contributed by atoms with Gasteiger partial charge in [-0.15, -0.1) is 0 Å². The molecule has 1 atom stereocenters. The first-order valence-electron chi connectivity index (χ1n) is 11.3. The highest BCUT2D eigenvalue weighted by molar-refractivity contribution is 6.02. The normalized spacial score (nSPS) is 17.4. The third-order valence-electron chi connectivity index (χ3n) is 6.40. The van der Waals surface area contributed by atoms with Crippen LogP contribution in [0.2, 0.25) is 0 Å². The van der Waals surface area contributed by atoms with E-state index in [1.165, 1.54) is 10.7 Å². The molecular formula is C23H22F5N7O. The van der Waals surface area contributed by atoms with E-state index in [1.807, 2.05) is 5.32 Å². The summed E-state index contributed by atoms with van der Waals surface area (Å²) in [5, 5.41) is 9.80. The van der Waals surface area contributed by atoms with Gasteiger partial charge in [0.15, 0.2) is 0 Å². The molecule has 4 heterocycles. The van der Waals surface area contributed by atoms with Gasteiger partial charge in [-0.1, -0.05) is 0 Å². The van der Waals surface area contributed by atoms with Crippen LogP contribution in [0.15, 0.2) is 36.9 Å². The van der Waals surface area contributed by atoms with E-state index in [0.29, 0.717) is 46.5 Å². The molecule has 36 heavy (non-hydrogen) atoms. The summed E-state index contributed by atoms with van der Waals surface area (Å²) in [6.07, 6.45) is 1.87. The largest absolute Gasteiger partial charge is 0.408 e. The summed E-state index contributed by atoms with van der Waals surface area (Å²) in [5.41, 5.74) is 2.25. The number of aromatic amines is 1. The standard InChI is InChI=1S/C23H22F5N7O/c1-12(23(26,27)28)32-20(36)17-11-31-35-7-4-13(8-18(17)35)15-9-29-19-16(15)10-30-21(34-19)33-14-2-5-22(24,25)6-3-14/h4,7-12,14H,2-3,5-6H2,1H3,(H,32,36)(H2,29,30,33,34). The molecule has 1 aliphatic carbocycles. The Bertz CT molecular complexity index is 1420. The Morgan fingerprint density at radius 3 is 2.72 bits per heavy atom. The molecule has 1 amide bonds. The van der Waals surface area contributed by atoms with Gasteiger partial charge < -0.3 is 15.6 Å². The van der Waals surface area contributed by atoms with Gasteiger partial charge in [0, 0.05) is 48.4 Å². The number of H-pyrrole nitrogens is 1. The van der Waals surface area contributed by atoms with E-state index in [-0.39, 0.29) is 24.4 Å². The minimum atomic E-state index is -4.57. The highest BCUT2D eigenvalue weighted by Crippen LogP contribution is 2.34. The van der Waals surface area contributed by atoms with E-state index in [2.05, 4.69) is 25.4 Å². The molecule has 1 fully saturated rings. The number of nitrogens with one attached hydrogen (secondary N) is 3. The Hall–Kier alpha value is -3.77. The van der Waals surface area contributed by atoms with Crippen LogP contribution in [0.25, 0.3) is 27.7 Å². The maximum atomic E-state index is 13.4. The van der Waals surface area contributed by atoms with Gasteiger partial charge in [-0.2, -0.15) is 23.3 Å². The smallest absolute Gasteiger partial charge is 0.351 e. The van der Waals surface area contributed by atoms with Crippen LogP contribution in [0.4, 0.5) is 27.9 Å². The van der Waals surface area contributed by atoms with Crippen LogP contribution in [0.1, 0.15) is 43.0 Å². The third kappa shape index (κ3) is 4.69. The molecule has 13 heteroatoms. The van der Waals surface area contributed by atoms with E-state index >= 15 is 0 Å². The van der Waals surface area contributed by atoms with Crippen molar-refractivity contribution in [3.63, 3.8) is 0 Å². The first-order valence-corrected chi connectivity index (χ1v) is 11.3. The molecule has 3 N–H and O–H groups in total. The molecule has 1 saturated carbocycles. The van der Waals surface area contributed by atoms with Crippen LogP contribution in [0, 0.1) is 0 Å². The molecule has 4 aromatic rings. The number of anilines is 1. The number of hydrogen-bond donors (Lipinski definition) is 3. The lowest BCUT2D eigenvalue weighted by molar-refractivity contribution is -0.149. The minimum absolute atomic E-state index is 0.00795. The molecule has 0 aromatic carbocycles. The van der Waals surface area contributed by atoms with Crippen molar-refractivity contribution in [1.82, 2.24) is 29.9 Å².